The summed E-state index contributed by atoms with van der Waals surface area (Å²) < 4.78 is 0. The van der Waals surface area contributed by atoms with Gasteiger partial charge in [-0.25, -0.2) is 4.98 Å². The summed E-state index contributed by atoms with van der Waals surface area (Å²) in [5, 5.41) is 28.1. The zero-order chi connectivity index (χ0) is 24.0. The largest absolute Gasteiger partial charge is 0.390 e. The summed E-state index contributed by atoms with van der Waals surface area (Å²) in [6.45, 7) is 1.67. The number of carbonyl (C=O) groups excluding carboxylic acids is 2. The Labute approximate surface area is 217 Å². The number of thiazole rings is 1. The van der Waals surface area contributed by atoms with E-state index in [9.17, 15) is 19.8 Å². The quantitative estimate of drug-likeness (QED) is 0.345. The highest BCUT2D eigenvalue weighted by atomic mass is 35.5. The molecule has 3 heterocycles. The minimum atomic E-state index is -0.998. The van der Waals surface area contributed by atoms with Gasteiger partial charge in [0.1, 0.15) is 5.69 Å². The zero-order valence-corrected chi connectivity index (χ0v) is 21.3. The lowest BCUT2D eigenvalue weighted by Gasteiger charge is -2.37. The monoisotopic (exact) mass is 539 g/mol. The Kier molecular flexibility index (Phi) is 7.70. The Morgan fingerprint density at radius 2 is 1.83 bits per heavy atom. The molecule has 5 N–H and O–H groups in total. The molecule has 188 valence electrons. The average Bonchev–Trinajstić information content (AvgIpc) is 3.40. The van der Waals surface area contributed by atoms with Gasteiger partial charge in [0.25, 0.3) is 11.8 Å². The lowest BCUT2D eigenvalue weighted by molar-refractivity contribution is -0.0275. The minimum Gasteiger partial charge on any atom is -0.390 e. The van der Waals surface area contributed by atoms with E-state index in [4.69, 9.17) is 11.6 Å². The second-order valence-corrected chi connectivity index (χ2v) is 10.6. The molecule has 2 amide bonds. The molecule has 1 aliphatic carbocycles. The molecule has 9 nitrogen and oxygen atoms in total. The SMILES string of the molecule is CN1CCc2nc(C(=O)NC3CC(O)[C@H](O)CC3NC(=O)c3cc4cc(Cl)ccc4[nH]3)sc2C1.Cl. The van der Waals surface area contributed by atoms with Crippen LogP contribution in [0.5, 0.6) is 0 Å². The second-order valence-electron chi connectivity index (χ2n) is 9.06. The van der Waals surface area contributed by atoms with Crippen LogP contribution in [0.3, 0.4) is 0 Å². The molecule has 0 bridgehead atoms. The minimum absolute atomic E-state index is 0. The van der Waals surface area contributed by atoms with Gasteiger partial charge in [-0.3, -0.25) is 9.59 Å². The van der Waals surface area contributed by atoms with Crippen molar-refractivity contribution < 1.29 is 19.8 Å². The van der Waals surface area contributed by atoms with Crippen LogP contribution in [0, 0.1) is 0 Å². The predicted octanol–water partition coefficient (Wildman–Crippen LogP) is 2.10. The number of fused-ring (bicyclic) bond motifs is 2. The van der Waals surface area contributed by atoms with Crippen molar-refractivity contribution in [1.29, 1.82) is 0 Å². The molecule has 3 unspecified atom stereocenters. The van der Waals surface area contributed by atoms with Crippen LogP contribution in [-0.4, -0.2) is 74.8 Å². The smallest absolute Gasteiger partial charge is 0.280 e. The molecule has 1 saturated carbocycles. The van der Waals surface area contributed by atoms with Gasteiger partial charge in [-0.15, -0.1) is 23.7 Å². The van der Waals surface area contributed by atoms with Crippen LogP contribution < -0.4 is 10.6 Å². The molecular weight excluding hydrogens is 513 g/mol. The Morgan fingerprint density at radius 3 is 2.54 bits per heavy atom. The number of aliphatic hydroxyl groups is 2. The van der Waals surface area contributed by atoms with Gasteiger partial charge in [0.2, 0.25) is 0 Å². The topological polar surface area (TPSA) is 131 Å². The van der Waals surface area contributed by atoms with Gasteiger partial charge >= 0.3 is 0 Å². The zero-order valence-electron chi connectivity index (χ0n) is 19.0. The van der Waals surface area contributed by atoms with Gasteiger partial charge < -0.3 is 30.7 Å². The van der Waals surface area contributed by atoms with E-state index in [0.717, 1.165) is 41.0 Å². The summed E-state index contributed by atoms with van der Waals surface area (Å²) in [6, 6.07) is 5.88. The number of aliphatic hydroxyl groups excluding tert-OH is 2. The third kappa shape index (κ3) is 5.47. The Bertz CT molecular complexity index is 1250. The Balaban J connectivity index is 0.00000289. The molecule has 5 rings (SSSR count). The van der Waals surface area contributed by atoms with Crippen LogP contribution in [0.15, 0.2) is 24.3 Å². The lowest BCUT2D eigenvalue weighted by Crippen LogP contribution is -2.59. The number of hydrogen-bond donors (Lipinski definition) is 5. The van der Waals surface area contributed by atoms with E-state index in [1.807, 2.05) is 7.05 Å². The van der Waals surface area contributed by atoms with E-state index in [1.165, 1.54) is 11.3 Å². The van der Waals surface area contributed by atoms with Crippen molar-refractivity contribution in [1.82, 2.24) is 25.5 Å². The van der Waals surface area contributed by atoms with E-state index in [-0.39, 0.29) is 37.1 Å². The van der Waals surface area contributed by atoms with Crippen LogP contribution >= 0.6 is 35.3 Å². The van der Waals surface area contributed by atoms with Crippen LogP contribution in [0.2, 0.25) is 5.02 Å². The molecule has 1 fully saturated rings. The van der Waals surface area contributed by atoms with Crippen molar-refractivity contribution in [2.75, 3.05) is 13.6 Å². The van der Waals surface area contributed by atoms with Crippen LogP contribution in [-0.2, 0) is 13.0 Å². The first-order chi connectivity index (χ1) is 16.3. The van der Waals surface area contributed by atoms with Crippen molar-refractivity contribution in [3.63, 3.8) is 0 Å². The standard InChI is InChI=1S/C23H26ClN5O4S.ClH/c1-29-5-4-14-20(10-29)34-23(28-14)22(33)27-16-9-19(31)18(30)8-15(16)26-21(32)17-7-11-6-12(24)2-3-13(11)25-17;/h2-3,6-7,15-16,18-19,25,30-31H,4-5,8-10H2,1H3,(H,26,32)(H,27,33);1H/t15?,16?,18-,19?;/m1./s1. The number of nitrogens with zero attached hydrogens (tertiary/aromatic N) is 2. The molecule has 0 spiro atoms. The summed E-state index contributed by atoms with van der Waals surface area (Å²) in [6.07, 6.45) is -0.954. The molecule has 2 aliphatic rings. The molecule has 3 aromatic rings. The molecule has 12 heteroatoms. The third-order valence-corrected chi connectivity index (χ3v) is 7.81. The van der Waals surface area contributed by atoms with Crippen molar-refractivity contribution >= 4 is 58.1 Å². The van der Waals surface area contributed by atoms with E-state index in [0.29, 0.717) is 15.7 Å². The molecule has 4 atom stereocenters. The van der Waals surface area contributed by atoms with Crippen molar-refractivity contribution in [3.05, 3.63) is 50.6 Å². The van der Waals surface area contributed by atoms with E-state index >= 15 is 0 Å². The number of amides is 2. The van der Waals surface area contributed by atoms with Gasteiger partial charge in [-0.1, -0.05) is 11.6 Å². The van der Waals surface area contributed by atoms with Gasteiger partial charge in [-0.2, -0.15) is 0 Å². The molecule has 1 aliphatic heterocycles. The number of likely N-dealkylation sites (N-methyl/N-ethyl adjacent to an activating group) is 1. The number of aromatic amines is 1. The average molecular weight is 540 g/mol. The summed E-state index contributed by atoms with van der Waals surface area (Å²) in [5.41, 5.74) is 2.08. The maximum Gasteiger partial charge on any atom is 0.280 e. The number of nitrogens with one attached hydrogen (secondary N) is 3. The maximum atomic E-state index is 13.0. The first-order valence-electron chi connectivity index (χ1n) is 11.2. The first-order valence-corrected chi connectivity index (χ1v) is 12.4. The lowest BCUT2D eigenvalue weighted by atomic mass is 9.86. The fourth-order valence-electron chi connectivity index (χ4n) is 4.60. The predicted molar refractivity (Wildman–Crippen MR) is 136 cm³/mol. The summed E-state index contributed by atoms with van der Waals surface area (Å²) in [5.74, 6) is -0.706. The summed E-state index contributed by atoms with van der Waals surface area (Å²) in [4.78, 5) is 36.8. The van der Waals surface area contributed by atoms with Crippen LogP contribution in [0.1, 0.15) is 43.7 Å². The second kappa shape index (κ2) is 10.4. The number of aromatic nitrogens is 2. The van der Waals surface area contributed by atoms with E-state index < -0.39 is 24.3 Å². The van der Waals surface area contributed by atoms with Crippen molar-refractivity contribution in [2.24, 2.45) is 0 Å². The van der Waals surface area contributed by atoms with E-state index in [1.54, 1.807) is 24.3 Å². The normalized spacial score (nSPS) is 24.5. The highest BCUT2D eigenvalue weighted by molar-refractivity contribution is 7.13. The number of benzene rings is 1. The van der Waals surface area contributed by atoms with Crippen LogP contribution in [0.4, 0.5) is 0 Å². The molecule has 0 radical (unpaired) electrons. The fourth-order valence-corrected chi connectivity index (χ4v) is 5.88. The highest BCUT2D eigenvalue weighted by Gasteiger charge is 2.38. The molecule has 35 heavy (non-hydrogen) atoms. The molecule has 2 aromatic heterocycles. The number of H-pyrrole nitrogens is 1. The highest BCUT2D eigenvalue weighted by Crippen LogP contribution is 2.26. The summed E-state index contributed by atoms with van der Waals surface area (Å²) in [7, 11) is 2.03. The number of rotatable bonds is 4. The third-order valence-electron chi connectivity index (χ3n) is 6.50. The van der Waals surface area contributed by atoms with Gasteiger partial charge in [0, 0.05) is 40.3 Å². The van der Waals surface area contributed by atoms with Crippen molar-refractivity contribution in [2.45, 2.75) is 50.1 Å². The number of hydrogen-bond acceptors (Lipinski definition) is 7. The Hall–Kier alpha value is -2.21. The van der Waals surface area contributed by atoms with Gasteiger partial charge in [0.05, 0.1) is 30.0 Å². The molecule has 0 saturated heterocycles. The molecule has 1 aromatic carbocycles. The van der Waals surface area contributed by atoms with Crippen LogP contribution in [0.25, 0.3) is 10.9 Å². The summed E-state index contributed by atoms with van der Waals surface area (Å²) >= 11 is 7.41. The van der Waals surface area contributed by atoms with E-state index in [2.05, 4.69) is 25.5 Å². The van der Waals surface area contributed by atoms with Gasteiger partial charge in [0.15, 0.2) is 5.01 Å². The number of halogens is 2. The number of carbonyl (C=O) groups is 2. The van der Waals surface area contributed by atoms with Gasteiger partial charge in [-0.05, 0) is 44.2 Å². The maximum absolute atomic E-state index is 13.0. The Morgan fingerprint density at radius 1 is 1.14 bits per heavy atom. The first kappa shape index (κ1) is 25.9. The fraction of sp³-hybridized carbons (Fsp3) is 0.435. The molecular formula is C23H27Cl2N5O4S. The van der Waals surface area contributed by atoms with Crippen molar-refractivity contribution in [3.8, 4) is 0 Å².